The van der Waals surface area contributed by atoms with Crippen molar-refractivity contribution >= 4 is 30.1 Å². The molecular weight excluding hydrogens is 326 g/mol. The van der Waals surface area contributed by atoms with Crippen LogP contribution in [0.5, 0.6) is 0 Å². The Kier molecular flexibility index (Phi) is 7.05. The minimum atomic E-state index is -0.455. The van der Waals surface area contributed by atoms with Gasteiger partial charge in [0.15, 0.2) is 6.29 Å². The minimum absolute atomic E-state index is 0.244. The van der Waals surface area contributed by atoms with Crippen LogP contribution in [-0.2, 0) is 11.3 Å². The number of halogens is 1. The molecule has 4 nitrogen and oxygen atoms in total. The van der Waals surface area contributed by atoms with Gasteiger partial charge in [0, 0.05) is 12.1 Å². The molecule has 0 saturated heterocycles. The Balaban J connectivity index is 1.72. The predicted molar refractivity (Wildman–Crippen MR) is 95.1 cm³/mol. The van der Waals surface area contributed by atoms with Crippen LogP contribution < -0.4 is 5.32 Å². The number of aldehydes is 1. The van der Waals surface area contributed by atoms with Crippen LogP contribution in [0.3, 0.4) is 0 Å². The van der Waals surface area contributed by atoms with E-state index < -0.39 is 6.09 Å². The van der Waals surface area contributed by atoms with E-state index in [1.54, 1.807) is 12.1 Å². The van der Waals surface area contributed by atoms with Gasteiger partial charge in [-0.25, -0.2) is 4.79 Å². The molecule has 1 N–H and O–H groups in total. The number of benzene rings is 2. The van der Waals surface area contributed by atoms with Crippen molar-refractivity contribution < 1.29 is 14.3 Å². The summed E-state index contributed by atoms with van der Waals surface area (Å²) in [6.45, 7) is 0.689. The predicted octanol–water partition coefficient (Wildman–Crippen LogP) is 4.48. The maximum absolute atomic E-state index is 11.6. The van der Waals surface area contributed by atoms with Gasteiger partial charge in [-0.3, -0.25) is 4.79 Å². The van der Waals surface area contributed by atoms with Crippen molar-refractivity contribution in [1.82, 2.24) is 5.32 Å². The van der Waals surface area contributed by atoms with Crippen LogP contribution in [0.1, 0.15) is 27.9 Å². The Hall–Kier alpha value is -2.59. The Bertz CT molecular complexity index is 714. The normalized spacial score (nSPS) is 10.5. The molecule has 2 aromatic carbocycles. The van der Waals surface area contributed by atoms with Crippen molar-refractivity contribution in [2.75, 3.05) is 6.54 Å². The summed E-state index contributed by atoms with van der Waals surface area (Å²) in [6.07, 6.45) is 4.58. The first-order valence-electron chi connectivity index (χ1n) is 7.55. The number of nitrogens with one attached hydrogen (secondary N) is 1. The first-order chi connectivity index (χ1) is 11.7. The molecule has 0 aliphatic heterocycles. The lowest BCUT2D eigenvalue weighted by Crippen LogP contribution is -2.24. The fraction of sp³-hybridized carbons (Fsp3) is 0.158. The molecule has 1 amide bonds. The van der Waals surface area contributed by atoms with E-state index in [1.165, 1.54) is 0 Å². The Morgan fingerprint density at radius 3 is 2.67 bits per heavy atom. The summed E-state index contributed by atoms with van der Waals surface area (Å²) in [7, 11) is 0. The van der Waals surface area contributed by atoms with Crippen molar-refractivity contribution in [2.45, 2.75) is 13.0 Å². The maximum Gasteiger partial charge on any atom is 0.407 e. The van der Waals surface area contributed by atoms with Gasteiger partial charge in [-0.15, -0.1) is 0 Å². The molecule has 0 aromatic heterocycles. The van der Waals surface area contributed by atoms with E-state index in [1.807, 2.05) is 48.6 Å². The number of carbonyl (C=O) groups excluding carboxylic acids is 2. The van der Waals surface area contributed by atoms with Crippen molar-refractivity contribution in [3.8, 4) is 0 Å². The van der Waals surface area contributed by atoms with Gasteiger partial charge in [0.2, 0.25) is 0 Å². The Morgan fingerprint density at radius 2 is 1.92 bits per heavy atom. The summed E-state index contributed by atoms with van der Waals surface area (Å²) < 4.78 is 5.11. The standard InChI is InChI=1S/C19H18ClNO3/c20-18-11-6-10-16(17(18)13-22)9-4-5-12-21-19(23)24-14-15-7-2-1-3-8-15/h1-4,6-11,13H,5,12,14H2,(H,21,23). The zero-order valence-electron chi connectivity index (χ0n) is 13.1. The van der Waals surface area contributed by atoms with Crippen LogP contribution in [0, 0.1) is 0 Å². The number of rotatable bonds is 7. The molecule has 124 valence electrons. The molecule has 0 bridgehead atoms. The first kappa shape index (κ1) is 17.8. The van der Waals surface area contributed by atoms with E-state index >= 15 is 0 Å². The van der Waals surface area contributed by atoms with Gasteiger partial charge < -0.3 is 10.1 Å². The third-order valence-electron chi connectivity index (χ3n) is 3.29. The van der Waals surface area contributed by atoms with E-state index in [0.717, 1.165) is 17.4 Å². The lowest BCUT2D eigenvalue weighted by atomic mass is 10.1. The second-order valence-electron chi connectivity index (χ2n) is 5.04. The average molecular weight is 344 g/mol. The molecule has 0 radical (unpaired) electrons. The summed E-state index contributed by atoms with van der Waals surface area (Å²) in [5, 5.41) is 3.10. The van der Waals surface area contributed by atoms with Gasteiger partial charge in [0.05, 0.1) is 5.02 Å². The van der Waals surface area contributed by atoms with E-state index in [9.17, 15) is 9.59 Å². The summed E-state index contributed by atoms with van der Waals surface area (Å²) in [6, 6.07) is 14.8. The molecule has 0 unspecified atom stereocenters. The van der Waals surface area contributed by atoms with Crippen LogP contribution in [0.4, 0.5) is 4.79 Å². The quantitative estimate of drug-likeness (QED) is 0.595. The first-order valence-corrected chi connectivity index (χ1v) is 7.93. The molecule has 0 aliphatic rings. The number of hydrogen-bond donors (Lipinski definition) is 1. The molecule has 0 saturated carbocycles. The molecule has 24 heavy (non-hydrogen) atoms. The summed E-state index contributed by atoms with van der Waals surface area (Å²) >= 11 is 5.96. The highest BCUT2D eigenvalue weighted by Crippen LogP contribution is 2.19. The van der Waals surface area contributed by atoms with Gasteiger partial charge in [-0.1, -0.05) is 66.2 Å². The topological polar surface area (TPSA) is 55.4 Å². The third-order valence-corrected chi connectivity index (χ3v) is 3.62. The van der Waals surface area contributed by atoms with Crippen LogP contribution in [0.25, 0.3) is 6.08 Å². The molecule has 0 fully saturated rings. The Morgan fingerprint density at radius 1 is 1.12 bits per heavy atom. The highest BCUT2D eigenvalue weighted by Gasteiger charge is 2.03. The molecule has 0 spiro atoms. The fourth-order valence-corrected chi connectivity index (χ4v) is 2.29. The van der Waals surface area contributed by atoms with Crippen molar-refractivity contribution in [1.29, 1.82) is 0 Å². The van der Waals surface area contributed by atoms with E-state index in [-0.39, 0.29) is 6.61 Å². The minimum Gasteiger partial charge on any atom is -0.445 e. The molecule has 2 rings (SSSR count). The zero-order valence-corrected chi connectivity index (χ0v) is 13.8. The highest BCUT2D eigenvalue weighted by molar-refractivity contribution is 6.33. The number of carbonyl (C=O) groups is 2. The van der Waals surface area contributed by atoms with Crippen molar-refractivity contribution in [2.24, 2.45) is 0 Å². The highest BCUT2D eigenvalue weighted by atomic mass is 35.5. The molecule has 0 aliphatic carbocycles. The van der Waals surface area contributed by atoms with Crippen LogP contribution >= 0.6 is 11.6 Å². The number of alkyl carbamates (subject to hydrolysis) is 1. The van der Waals surface area contributed by atoms with Gasteiger partial charge >= 0.3 is 6.09 Å². The average Bonchev–Trinajstić information content (AvgIpc) is 2.60. The van der Waals surface area contributed by atoms with E-state index in [2.05, 4.69) is 5.32 Å². The Labute approximate surface area is 146 Å². The molecule has 2 aromatic rings. The van der Waals surface area contributed by atoms with Gasteiger partial charge in [0.25, 0.3) is 0 Å². The van der Waals surface area contributed by atoms with Crippen LogP contribution in [0.15, 0.2) is 54.6 Å². The molecule has 0 heterocycles. The largest absolute Gasteiger partial charge is 0.445 e. The summed E-state index contributed by atoms with van der Waals surface area (Å²) in [5.74, 6) is 0. The number of amides is 1. The van der Waals surface area contributed by atoms with Crippen LogP contribution in [-0.4, -0.2) is 18.9 Å². The SMILES string of the molecule is O=Cc1c(Cl)cccc1C=CCCNC(=O)OCc1ccccc1. The molecule has 0 atom stereocenters. The molecule has 5 heteroatoms. The lowest BCUT2D eigenvalue weighted by molar-refractivity contribution is 0.112. The summed E-state index contributed by atoms with van der Waals surface area (Å²) in [5.41, 5.74) is 2.16. The smallest absolute Gasteiger partial charge is 0.407 e. The fourth-order valence-electron chi connectivity index (χ4n) is 2.07. The van der Waals surface area contributed by atoms with Crippen molar-refractivity contribution in [3.63, 3.8) is 0 Å². The molecular formula is C19H18ClNO3. The number of hydrogen-bond acceptors (Lipinski definition) is 3. The summed E-state index contributed by atoms with van der Waals surface area (Å²) in [4.78, 5) is 22.6. The second kappa shape index (κ2) is 9.53. The second-order valence-corrected chi connectivity index (χ2v) is 5.45. The number of ether oxygens (including phenoxy) is 1. The van der Waals surface area contributed by atoms with Crippen LogP contribution in [0.2, 0.25) is 5.02 Å². The van der Waals surface area contributed by atoms with Crippen molar-refractivity contribution in [3.05, 3.63) is 76.3 Å². The van der Waals surface area contributed by atoms with Gasteiger partial charge in [0.1, 0.15) is 6.61 Å². The van der Waals surface area contributed by atoms with Gasteiger partial charge in [-0.2, -0.15) is 0 Å². The third kappa shape index (κ3) is 5.56. The van der Waals surface area contributed by atoms with E-state index in [4.69, 9.17) is 16.3 Å². The van der Waals surface area contributed by atoms with E-state index in [0.29, 0.717) is 23.6 Å². The van der Waals surface area contributed by atoms with Gasteiger partial charge in [-0.05, 0) is 23.6 Å². The maximum atomic E-state index is 11.6. The lowest BCUT2D eigenvalue weighted by Gasteiger charge is -2.06. The zero-order chi connectivity index (χ0) is 17.2. The monoisotopic (exact) mass is 343 g/mol.